The molecular formula is C21H21F3N2O. The molecule has 3 nitrogen and oxygen atoms in total. The fraction of sp³-hybridized carbons (Fsp3) is 0.381. The van der Waals surface area contributed by atoms with Gasteiger partial charge in [0.05, 0.1) is 11.6 Å². The molecule has 1 amide bonds. The van der Waals surface area contributed by atoms with Gasteiger partial charge >= 0.3 is 0 Å². The molecule has 0 unspecified atom stereocenters. The number of carbonyl (C=O) groups is 1. The minimum absolute atomic E-state index is 0.0499. The van der Waals surface area contributed by atoms with Crippen molar-refractivity contribution in [2.24, 2.45) is 11.7 Å². The van der Waals surface area contributed by atoms with Crippen LogP contribution in [0, 0.1) is 17.6 Å². The lowest BCUT2D eigenvalue weighted by Gasteiger charge is -2.33. The molecule has 1 heterocycles. The maximum atomic E-state index is 14.3. The number of halogens is 3. The molecular weight excluding hydrogens is 353 g/mol. The van der Waals surface area contributed by atoms with Crippen LogP contribution in [0.25, 0.3) is 11.1 Å². The van der Waals surface area contributed by atoms with Crippen LogP contribution < -0.4 is 5.73 Å². The summed E-state index contributed by atoms with van der Waals surface area (Å²) in [6.45, 7) is 0.577. The highest BCUT2D eigenvalue weighted by Crippen LogP contribution is 2.51. The van der Waals surface area contributed by atoms with Gasteiger partial charge in [-0.2, -0.15) is 0 Å². The van der Waals surface area contributed by atoms with Crippen molar-refractivity contribution in [3.05, 3.63) is 59.7 Å². The van der Waals surface area contributed by atoms with Crippen LogP contribution in [0.4, 0.5) is 13.2 Å². The van der Waals surface area contributed by atoms with Gasteiger partial charge in [0.25, 0.3) is 0 Å². The van der Waals surface area contributed by atoms with Crippen LogP contribution >= 0.6 is 0 Å². The number of benzene rings is 2. The Balaban J connectivity index is 1.57. The molecule has 4 atom stereocenters. The van der Waals surface area contributed by atoms with Gasteiger partial charge in [-0.25, -0.2) is 13.2 Å². The molecule has 2 aromatic carbocycles. The number of piperidine rings is 1. The van der Waals surface area contributed by atoms with E-state index in [4.69, 9.17) is 5.73 Å². The molecule has 142 valence electrons. The molecule has 1 aliphatic carbocycles. The maximum Gasteiger partial charge on any atom is 0.226 e. The largest absolute Gasteiger partial charge is 0.341 e. The molecule has 0 spiro atoms. The zero-order valence-electron chi connectivity index (χ0n) is 14.7. The highest BCUT2D eigenvalue weighted by atomic mass is 19.1. The normalized spacial score (nSPS) is 27.5. The van der Waals surface area contributed by atoms with Crippen molar-refractivity contribution >= 4 is 5.91 Å². The van der Waals surface area contributed by atoms with E-state index < -0.39 is 23.8 Å². The predicted octanol–water partition coefficient (Wildman–Crippen LogP) is 3.63. The molecule has 0 radical (unpaired) electrons. The Bertz CT molecular complexity index is 852. The third kappa shape index (κ3) is 3.34. The first-order chi connectivity index (χ1) is 13.0. The maximum absolute atomic E-state index is 14.3. The van der Waals surface area contributed by atoms with Crippen molar-refractivity contribution in [3.63, 3.8) is 0 Å². The summed E-state index contributed by atoms with van der Waals surface area (Å²) in [5.41, 5.74) is 6.94. The average Bonchev–Trinajstić information content (AvgIpc) is 3.44. The van der Waals surface area contributed by atoms with E-state index in [1.165, 1.54) is 18.2 Å². The molecule has 1 saturated carbocycles. The first-order valence-corrected chi connectivity index (χ1v) is 9.19. The second-order valence-electron chi connectivity index (χ2n) is 7.39. The molecule has 4 rings (SSSR count). The lowest BCUT2D eigenvalue weighted by Crippen LogP contribution is -2.52. The summed E-state index contributed by atoms with van der Waals surface area (Å²) in [4.78, 5) is 14.4. The lowest BCUT2D eigenvalue weighted by atomic mass is 9.95. The highest BCUT2D eigenvalue weighted by Gasteiger charge is 2.47. The van der Waals surface area contributed by atoms with Crippen molar-refractivity contribution < 1.29 is 18.0 Å². The second-order valence-corrected chi connectivity index (χ2v) is 7.39. The highest BCUT2D eigenvalue weighted by molar-refractivity contribution is 5.84. The van der Waals surface area contributed by atoms with Gasteiger partial charge < -0.3 is 10.6 Å². The smallest absolute Gasteiger partial charge is 0.226 e. The van der Waals surface area contributed by atoms with E-state index in [1.807, 2.05) is 12.1 Å². The second kappa shape index (κ2) is 7.00. The number of hydrogen-bond donors (Lipinski definition) is 1. The Morgan fingerprint density at radius 1 is 1.07 bits per heavy atom. The van der Waals surface area contributed by atoms with E-state index in [0.717, 1.165) is 5.56 Å². The summed E-state index contributed by atoms with van der Waals surface area (Å²) in [5, 5.41) is 0. The summed E-state index contributed by atoms with van der Waals surface area (Å²) in [5.74, 6) is -1.63. The summed E-state index contributed by atoms with van der Waals surface area (Å²) in [6.07, 6.45) is -0.202. The molecule has 0 bridgehead atoms. The van der Waals surface area contributed by atoms with Crippen LogP contribution in [-0.4, -0.2) is 36.1 Å². The number of nitrogens with two attached hydrogens (primary N) is 1. The summed E-state index contributed by atoms with van der Waals surface area (Å²) >= 11 is 0. The van der Waals surface area contributed by atoms with Crippen LogP contribution in [0.1, 0.15) is 24.3 Å². The van der Waals surface area contributed by atoms with E-state index in [2.05, 4.69) is 0 Å². The van der Waals surface area contributed by atoms with Crippen molar-refractivity contribution in [2.75, 3.05) is 13.1 Å². The Kier molecular flexibility index (Phi) is 4.68. The van der Waals surface area contributed by atoms with Crippen LogP contribution in [0.15, 0.2) is 42.5 Å². The topological polar surface area (TPSA) is 46.3 Å². The van der Waals surface area contributed by atoms with E-state index in [1.54, 1.807) is 17.0 Å². The summed E-state index contributed by atoms with van der Waals surface area (Å²) in [7, 11) is 0. The van der Waals surface area contributed by atoms with Crippen LogP contribution in [0.3, 0.4) is 0 Å². The summed E-state index contributed by atoms with van der Waals surface area (Å²) < 4.78 is 42.1. The van der Waals surface area contributed by atoms with Gasteiger partial charge in [-0.1, -0.05) is 30.3 Å². The fourth-order valence-corrected chi connectivity index (χ4v) is 4.00. The predicted molar refractivity (Wildman–Crippen MR) is 96.7 cm³/mol. The zero-order chi connectivity index (χ0) is 19.1. The van der Waals surface area contributed by atoms with Crippen molar-refractivity contribution in [2.45, 2.75) is 31.0 Å². The molecule has 2 fully saturated rings. The van der Waals surface area contributed by atoms with Crippen LogP contribution in [-0.2, 0) is 4.79 Å². The third-order valence-corrected chi connectivity index (χ3v) is 5.58. The van der Waals surface area contributed by atoms with E-state index in [-0.39, 0.29) is 36.3 Å². The standard InChI is InChI=1S/C21H21F3N2O/c22-16-8-9-26(11-19(16)25)21(27)15-10-14(15)12-4-1-2-5-13(12)20-17(23)6-3-7-18(20)24/h1-7,14-16,19H,8-11,25H2/t14-,15+,16+,19-/m1/s1. The number of likely N-dealkylation sites (tertiary alicyclic amines) is 1. The Morgan fingerprint density at radius 2 is 1.78 bits per heavy atom. The van der Waals surface area contributed by atoms with Crippen molar-refractivity contribution in [3.8, 4) is 11.1 Å². The quantitative estimate of drug-likeness (QED) is 0.892. The number of nitrogens with zero attached hydrogens (tertiary/aromatic N) is 1. The monoisotopic (exact) mass is 374 g/mol. The van der Waals surface area contributed by atoms with Gasteiger partial charge in [-0.05, 0) is 42.0 Å². The van der Waals surface area contributed by atoms with Crippen LogP contribution in [0.2, 0.25) is 0 Å². The van der Waals surface area contributed by atoms with E-state index in [0.29, 0.717) is 18.5 Å². The molecule has 2 aromatic rings. The van der Waals surface area contributed by atoms with Crippen molar-refractivity contribution in [1.82, 2.24) is 4.90 Å². The number of amides is 1. The van der Waals surface area contributed by atoms with Gasteiger partial charge in [0, 0.05) is 19.0 Å². The molecule has 1 aliphatic heterocycles. The first kappa shape index (κ1) is 18.0. The molecule has 6 heteroatoms. The molecule has 2 N–H and O–H groups in total. The Labute approximate surface area is 156 Å². The SMILES string of the molecule is N[C@@H]1CN(C(=O)[C@H]2C[C@@H]2c2ccccc2-c2c(F)cccc2F)CC[C@@H]1F. The van der Waals surface area contributed by atoms with Gasteiger partial charge in [0.15, 0.2) is 0 Å². The van der Waals surface area contributed by atoms with Crippen molar-refractivity contribution in [1.29, 1.82) is 0 Å². The zero-order valence-corrected chi connectivity index (χ0v) is 14.7. The lowest BCUT2D eigenvalue weighted by molar-refractivity contribution is -0.134. The van der Waals surface area contributed by atoms with Gasteiger partial charge in [-0.3, -0.25) is 4.79 Å². The number of rotatable bonds is 3. The average molecular weight is 374 g/mol. The minimum atomic E-state index is -1.08. The fourth-order valence-electron chi connectivity index (χ4n) is 4.00. The van der Waals surface area contributed by atoms with Gasteiger partial charge in [-0.15, -0.1) is 0 Å². The number of alkyl halides is 1. The molecule has 0 aromatic heterocycles. The first-order valence-electron chi connectivity index (χ1n) is 9.19. The number of hydrogen-bond acceptors (Lipinski definition) is 2. The number of carbonyl (C=O) groups excluding carboxylic acids is 1. The van der Waals surface area contributed by atoms with E-state index >= 15 is 0 Å². The van der Waals surface area contributed by atoms with Crippen LogP contribution in [0.5, 0.6) is 0 Å². The third-order valence-electron chi connectivity index (χ3n) is 5.58. The van der Waals surface area contributed by atoms with Gasteiger partial charge in [0.2, 0.25) is 5.91 Å². The molecule has 2 aliphatic rings. The Morgan fingerprint density at radius 3 is 2.48 bits per heavy atom. The molecule has 1 saturated heterocycles. The van der Waals surface area contributed by atoms with E-state index in [9.17, 15) is 18.0 Å². The Hall–Kier alpha value is -2.34. The van der Waals surface area contributed by atoms with Gasteiger partial charge in [0.1, 0.15) is 17.8 Å². The minimum Gasteiger partial charge on any atom is -0.341 e. The molecule has 27 heavy (non-hydrogen) atoms. The summed E-state index contributed by atoms with van der Waals surface area (Å²) in [6, 6.07) is 10.2.